The first-order chi connectivity index (χ1) is 31.5. The van der Waals surface area contributed by atoms with E-state index in [4.69, 9.17) is 14.2 Å². The molecule has 0 aromatic rings. The summed E-state index contributed by atoms with van der Waals surface area (Å²) in [7, 11) is 0. The van der Waals surface area contributed by atoms with Crippen LogP contribution in [0, 0.1) is 0 Å². The molecule has 0 aliphatic rings. The summed E-state index contributed by atoms with van der Waals surface area (Å²) in [5, 5.41) is 0. The zero-order chi connectivity index (χ0) is 46.5. The number of esters is 3. The van der Waals surface area contributed by atoms with E-state index >= 15 is 0 Å². The average Bonchev–Trinajstić information content (AvgIpc) is 3.29. The SMILES string of the molecule is CC/C=C\C/C=C\C/C=C\CCCCCCCCC(=O)OC(COC(=O)CCCCCCCCC/C=C\CCCCCCCC)COC(=O)CCCCCCCCCCCCCCC. The first-order valence-corrected chi connectivity index (χ1v) is 27.6. The molecule has 0 spiro atoms. The van der Waals surface area contributed by atoms with E-state index in [-0.39, 0.29) is 31.1 Å². The van der Waals surface area contributed by atoms with Crippen LogP contribution in [0.5, 0.6) is 0 Å². The summed E-state index contributed by atoms with van der Waals surface area (Å²) in [4.78, 5) is 38.1. The van der Waals surface area contributed by atoms with Crippen molar-refractivity contribution in [3.63, 3.8) is 0 Å². The van der Waals surface area contributed by atoms with Crippen LogP contribution in [0.1, 0.15) is 284 Å². The van der Waals surface area contributed by atoms with Gasteiger partial charge in [0.05, 0.1) is 0 Å². The molecule has 64 heavy (non-hydrogen) atoms. The molecule has 0 rings (SSSR count). The van der Waals surface area contributed by atoms with Crippen LogP contribution in [0.15, 0.2) is 48.6 Å². The van der Waals surface area contributed by atoms with E-state index in [2.05, 4.69) is 69.4 Å². The van der Waals surface area contributed by atoms with E-state index in [1.165, 1.54) is 154 Å². The minimum absolute atomic E-state index is 0.0771. The molecule has 0 heterocycles. The number of carbonyl (C=O) groups excluding carboxylic acids is 3. The second-order valence-electron chi connectivity index (χ2n) is 18.5. The lowest BCUT2D eigenvalue weighted by atomic mass is 10.0. The van der Waals surface area contributed by atoms with Crippen molar-refractivity contribution < 1.29 is 28.6 Å². The molecule has 0 aliphatic heterocycles. The molecule has 0 aromatic heterocycles. The minimum atomic E-state index is -0.779. The first kappa shape index (κ1) is 61.4. The Labute approximate surface area is 397 Å². The van der Waals surface area contributed by atoms with Crippen LogP contribution in [-0.4, -0.2) is 37.2 Å². The van der Waals surface area contributed by atoms with Crippen molar-refractivity contribution in [1.82, 2.24) is 0 Å². The fourth-order valence-corrected chi connectivity index (χ4v) is 7.92. The van der Waals surface area contributed by atoms with E-state index in [1.807, 2.05) is 0 Å². The van der Waals surface area contributed by atoms with E-state index in [9.17, 15) is 14.4 Å². The van der Waals surface area contributed by atoms with Gasteiger partial charge in [-0.05, 0) is 77.0 Å². The van der Waals surface area contributed by atoms with Crippen molar-refractivity contribution in [3.8, 4) is 0 Å². The molecule has 6 heteroatoms. The van der Waals surface area contributed by atoms with E-state index in [0.29, 0.717) is 19.3 Å². The van der Waals surface area contributed by atoms with Crippen LogP contribution < -0.4 is 0 Å². The van der Waals surface area contributed by atoms with Crippen molar-refractivity contribution in [2.24, 2.45) is 0 Å². The molecule has 0 aromatic carbocycles. The van der Waals surface area contributed by atoms with Crippen LogP contribution in [0.25, 0.3) is 0 Å². The second-order valence-corrected chi connectivity index (χ2v) is 18.5. The van der Waals surface area contributed by atoms with Crippen LogP contribution in [0.3, 0.4) is 0 Å². The third-order valence-electron chi connectivity index (χ3n) is 12.1. The highest BCUT2D eigenvalue weighted by molar-refractivity contribution is 5.71. The largest absolute Gasteiger partial charge is 0.462 e. The maximum atomic E-state index is 12.8. The average molecular weight is 897 g/mol. The van der Waals surface area contributed by atoms with Gasteiger partial charge in [0.25, 0.3) is 0 Å². The Bertz CT molecular complexity index is 1120. The minimum Gasteiger partial charge on any atom is -0.462 e. The van der Waals surface area contributed by atoms with Gasteiger partial charge in [0.2, 0.25) is 0 Å². The summed E-state index contributed by atoms with van der Waals surface area (Å²) >= 11 is 0. The first-order valence-electron chi connectivity index (χ1n) is 27.6. The van der Waals surface area contributed by atoms with Crippen LogP contribution in [-0.2, 0) is 28.6 Å². The van der Waals surface area contributed by atoms with E-state index in [1.54, 1.807) is 0 Å². The zero-order valence-corrected chi connectivity index (χ0v) is 42.6. The highest BCUT2D eigenvalue weighted by Crippen LogP contribution is 2.16. The maximum Gasteiger partial charge on any atom is 0.306 e. The van der Waals surface area contributed by atoms with E-state index < -0.39 is 6.10 Å². The second kappa shape index (κ2) is 53.0. The molecule has 0 bridgehead atoms. The Morgan fingerprint density at radius 2 is 0.609 bits per heavy atom. The molecular weight excluding hydrogens is 793 g/mol. The standard InChI is InChI=1S/C58H104O6/c1-4-7-10-13-16-19-22-25-27-29-31-33-36-39-42-45-48-51-57(60)63-54-55(53-62-56(59)50-47-44-41-38-35-32-24-21-18-15-12-9-6-3)64-58(61)52-49-46-43-40-37-34-30-28-26-23-20-17-14-11-8-5-2/h8,11,17,20,25-28,55H,4-7,9-10,12-16,18-19,21-24,29-54H2,1-3H3/b11-8-,20-17-,27-25-,28-26-. The lowest BCUT2D eigenvalue weighted by Crippen LogP contribution is -2.30. The lowest BCUT2D eigenvalue weighted by Gasteiger charge is -2.18. The molecular formula is C58H104O6. The van der Waals surface area contributed by atoms with Gasteiger partial charge < -0.3 is 14.2 Å². The Morgan fingerprint density at radius 3 is 0.969 bits per heavy atom. The van der Waals surface area contributed by atoms with Gasteiger partial charge in [-0.1, -0.05) is 236 Å². The van der Waals surface area contributed by atoms with Crippen molar-refractivity contribution in [2.75, 3.05) is 13.2 Å². The van der Waals surface area contributed by atoms with Gasteiger partial charge in [-0.25, -0.2) is 0 Å². The lowest BCUT2D eigenvalue weighted by molar-refractivity contribution is -0.167. The third kappa shape index (κ3) is 50.4. The molecule has 6 nitrogen and oxygen atoms in total. The van der Waals surface area contributed by atoms with E-state index in [0.717, 1.165) is 89.9 Å². The van der Waals surface area contributed by atoms with Gasteiger partial charge >= 0.3 is 17.9 Å². The molecule has 1 atom stereocenters. The molecule has 372 valence electrons. The van der Waals surface area contributed by atoms with Gasteiger partial charge in [-0.3, -0.25) is 14.4 Å². The Kier molecular flexibility index (Phi) is 50.8. The topological polar surface area (TPSA) is 78.9 Å². The summed E-state index contributed by atoms with van der Waals surface area (Å²) in [6, 6.07) is 0. The van der Waals surface area contributed by atoms with Crippen LogP contribution in [0.4, 0.5) is 0 Å². The van der Waals surface area contributed by atoms with Gasteiger partial charge in [0.1, 0.15) is 13.2 Å². The Balaban J connectivity index is 4.37. The van der Waals surface area contributed by atoms with Crippen molar-refractivity contribution >= 4 is 17.9 Å². The number of hydrogen-bond acceptors (Lipinski definition) is 6. The number of hydrogen-bond donors (Lipinski definition) is 0. The van der Waals surface area contributed by atoms with Crippen molar-refractivity contribution in [3.05, 3.63) is 48.6 Å². The van der Waals surface area contributed by atoms with Gasteiger partial charge in [0.15, 0.2) is 6.10 Å². The van der Waals surface area contributed by atoms with Gasteiger partial charge in [0, 0.05) is 19.3 Å². The molecule has 0 aliphatic carbocycles. The highest BCUT2D eigenvalue weighted by atomic mass is 16.6. The molecule has 1 unspecified atom stereocenters. The summed E-state index contributed by atoms with van der Waals surface area (Å²) < 4.78 is 16.8. The fraction of sp³-hybridized carbons (Fsp3) is 0.810. The summed E-state index contributed by atoms with van der Waals surface area (Å²) in [6.07, 6.45) is 63.8. The molecule has 0 saturated heterocycles. The van der Waals surface area contributed by atoms with Gasteiger partial charge in [-0.15, -0.1) is 0 Å². The maximum absolute atomic E-state index is 12.8. The predicted molar refractivity (Wildman–Crippen MR) is 275 cm³/mol. The highest BCUT2D eigenvalue weighted by Gasteiger charge is 2.19. The Morgan fingerprint density at radius 1 is 0.328 bits per heavy atom. The van der Waals surface area contributed by atoms with Crippen molar-refractivity contribution in [2.45, 2.75) is 290 Å². The van der Waals surface area contributed by atoms with Gasteiger partial charge in [-0.2, -0.15) is 0 Å². The summed E-state index contributed by atoms with van der Waals surface area (Å²) in [5.74, 6) is -0.883. The normalized spacial score (nSPS) is 12.4. The predicted octanol–water partition coefficient (Wildman–Crippen LogP) is 18.3. The monoisotopic (exact) mass is 897 g/mol. The number of ether oxygens (including phenoxy) is 3. The number of unbranched alkanes of at least 4 members (excludes halogenated alkanes) is 31. The van der Waals surface area contributed by atoms with Crippen molar-refractivity contribution in [1.29, 1.82) is 0 Å². The number of carbonyl (C=O) groups is 3. The Hall–Kier alpha value is -2.63. The third-order valence-corrected chi connectivity index (χ3v) is 12.1. The smallest absolute Gasteiger partial charge is 0.306 e. The number of rotatable bonds is 50. The summed E-state index contributed by atoms with van der Waals surface area (Å²) in [6.45, 7) is 6.53. The number of allylic oxidation sites excluding steroid dienone is 8. The summed E-state index contributed by atoms with van der Waals surface area (Å²) in [5.41, 5.74) is 0. The quantitative estimate of drug-likeness (QED) is 0.0262. The zero-order valence-electron chi connectivity index (χ0n) is 42.6. The molecule has 0 amide bonds. The van der Waals surface area contributed by atoms with Crippen LogP contribution >= 0.6 is 0 Å². The van der Waals surface area contributed by atoms with Crippen LogP contribution in [0.2, 0.25) is 0 Å². The molecule has 0 radical (unpaired) electrons. The molecule has 0 N–H and O–H groups in total. The molecule has 0 fully saturated rings. The molecule has 0 saturated carbocycles. The fourth-order valence-electron chi connectivity index (χ4n) is 7.92.